The Balaban J connectivity index is 1.67. The summed E-state index contributed by atoms with van der Waals surface area (Å²) in [5.74, 6) is -0.816. The van der Waals surface area contributed by atoms with Gasteiger partial charge in [0.25, 0.3) is 11.1 Å². The van der Waals surface area contributed by atoms with Gasteiger partial charge in [-0.15, -0.1) is 0 Å². The van der Waals surface area contributed by atoms with Gasteiger partial charge in [-0.3, -0.25) is 29.4 Å². The van der Waals surface area contributed by atoms with Crippen molar-refractivity contribution >= 4 is 52.2 Å². The average Bonchev–Trinajstić information content (AvgIpc) is 3.34. The molecule has 2 aromatic carbocycles. The summed E-state index contributed by atoms with van der Waals surface area (Å²) in [7, 11) is 0. The number of hydrogen-bond acceptors (Lipinski definition) is 10. The van der Waals surface area contributed by atoms with Gasteiger partial charge in [0, 0.05) is 18.0 Å². The Kier molecular flexibility index (Phi) is 6.85. The van der Waals surface area contributed by atoms with Crippen LogP contribution in [0.15, 0.2) is 29.2 Å². The first-order valence-corrected chi connectivity index (χ1v) is 11.3. The van der Waals surface area contributed by atoms with Crippen LogP contribution in [0.25, 0.3) is 6.08 Å². The summed E-state index contributed by atoms with van der Waals surface area (Å²) in [4.78, 5) is 49.1. The SMILES string of the molecule is CCOc1c(OC(C)=O)ccc(/C=C2\SC(=O)N(Cc3cc4c(cc3Cl)OCO4)C2=O)c1[N+](=O)[O-]. The molecule has 35 heavy (non-hydrogen) atoms. The number of carbonyl (C=O) groups excluding carboxylic acids is 3. The second kappa shape index (κ2) is 9.84. The number of hydrogen-bond donors (Lipinski definition) is 0. The zero-order valence-corrected chi connectivity index (χ0v) is 19.9. The number of fused-ring (bicyclic) bond motifs is 1. The van der Waals surface area contributed by atoms with Gasteiger partial charge >= 0.3 is 11.7 Å². The molecule has 4 rings (SSSR count). The highest BCUT2D eigenvalue weighted by Gasteiger charge is 2.37. The van der Waals surface area contributed by atoms with E-state index in [1.54, 1.807) is 13.0 Å². The molecule has 182 valence electrons. The van der Waals surface area contributed by atoms with Gasteiger partial charge in [0.1, 0.15) is 0 Å². The molecule has 0 saturated carbocycles. The fourth-order valence-corrected chi connectivity index (χ4v) is 4.46. The molecular weight excluding hydrogens is 504 g/mol. The molecule has 13 heteroatoms. The van der Waals surface area contributed by atoms with Gasteiger partial charge in [-0.2, -0.15) is 0 Å². The van der Waals surface area contributed by atoms with E-state index in [0.717, 1.165) is 11.8 Å². The Bertz CT molecular complexity index is 1290. The number of thioether (sulfide) groups is 1. The first kappa shape index (κ1) is 24.4. The molecule has 2 aliphatic rings. The molecule has 2 heterocycles. The standard InChI is InChI=1S/C22H17ClN2O9S/c1-3-31-20-15(34-11(2)26)5-4-12(19(20)25(29)30)7-18-21(27)24(22(28)35-18)9-13-6-16-17(8-14(13)23)33-10-32-16/h4-8H,3,9-10H2,1-2H3/b18-7-. The van der Waals surface area contributed by atoms with Crippen LogP contribution in [0.2, 0.25) is 5.02 Å². The van der Waals surface area contributed by atoms with Gasteiger partial charge in [0.2, 0.25) is 12.5 Å². The summed E-state index contributed by atoms with van der Waals surface area (Å²) in [6.07, 6.45) is 1.23. The number of carbonyl (C=O) groups is 3. The van der Waals surface area contributed by atoms with Crippen LogP contribution >= 0.6 is 23.4 Å². The van der Waals surface area contributed by atoms with E-state index in [-0.39, 0.29) is 46.9 Å². The molecule has 11 nitrogen and oxygen atoms in total. The normalized spacial score (nSPS) is 15.6. The van der Waals surface area contributed by atoms with E-state index in [1.165, 1.54) is 24.3 Å². The number of rotatable bonds is 7. The molecule has 1 fully saturated rings. The van der Waals surface area contributed by atoms with Crippen LogP contribution < -0.4 is 18.9 Å². The third-order valence-electron chi connectivity index (χ3n) is 4.88. The first-order valence-electron chi connectivity index (χ1n) is 10.2. The topological polar surface area (TPSA) is 135 Å². The summed E-state index contributed by atoms with van der Waals surface area (Å²) >= 11 is 6.90. The van der Waals surface area contributed by atoms with Crippen molar-refractivity contribution in [3.63, 3.8) is 0 Å². The van der Waals surface area contributed by atoms with Gasteiger partial charge in [0.05, 0.1) is 28.5 Å². The summed E-state index contributed by atoms with van der Waals surface area (Å²) in [5.41, 5.74) is -0.0352. The van der Waals surface area contributed by atoms with Crippen molar-refractivity contribution in [1.29, 1.82) is 0 Å². The second-order valence-corrected chi connectivity index (χ2v) is 8.58. The van der Waals surface area contributed by atoms with Gasteiger partial charge in [-0.25, -0.2) is 0 Å². The van der Waals surface area contributed by atoms with E-state index < -0.39 is 27.7 Å². The van der Waals surface area contributed by atoms with Crippen molar-refractivity contribution in [2.45, 2.75) is 20.4 Å². The number of nitrogens with zero attached hydrogens (tertiary/aromatic N) is 2. The Morgan fingerprint density at radius 3 is 2.66 bits per heavy atom. The van der Waals surface area contributed by atoms with Gasteiger partial charge in [0.15, 0.2) is 17.2 Å². The van der Waals surface area contributed by atoms with Crippen molar-refractivity contribution in [2.24, 2.45) is 0 Å². The molecule has 0 radical (unpaired) electrons. The Hall–Kier alpha value is -3.77. The minimum absolute atomic E-state index is 0.000893. The average molecular weight is 521 g/mol. The van der Waals surface area contributed by atoms with E-state index in [9.17, 15) is 24.5 Å². The molecule has 0 N–H and O–H groups in total. The number of amides is 2. The maximum absolute atomic E-state index is 13.0. The molecule has 1 saturated heterocycles. The highest BCUT2D eigenvalue weighted by atomic mass is 35.5. The Morgan fingerprint density at radius 2 is 2.00 bits per heavy atom. The lowest BCUT2D eigenvalue weighted by Gasteiger charge is -2.14. The minimum atomic E-state index is -0.708. The van der Waals surface area contributed by atoms with Crippen LogP contribution in [0.5, 0.6) is 23.0 Å². The summed E-state index contributed by atoms with van der Waals surface area (Å²) < 4.78 is 21.0. The smallest absolute Gasteiger partial charge is 0.322 e. The molecule has 0 bridgehead atoms. The van der Waals surface area contributed by atoms with Crippen molar-refractivity contribution in [1.82, 2.24) is 4.90 Å². The molecule has 0 spiro atoms. The lowest BCUT2D eigenvalue weighted by atomic mass is 10.1. The second-order valence-electron chi connectivity index (χ2n) is 7.18. The van der Waals surface area contributed by atoms with Crippen molar-refractivity contribution in [3.8, 4) is 23.0 Å². The molecular formula is C22H17ClN2O9S. The zero-order chi connectivity index (χ0) is 25.3. The Morgan fingerprint density at radius 1 is 1.29 bits per heavy atom. The molecule has 0 aromatic heterocycles. The summed E-state index contributed by atoms with van der Waals surface area (Å²) in [5, 5.41) is 11.6. The first-order chi connectivity index (χ1) is 16.7. The number of benzene rings is 2. The minimum Gasteiger partial charge on any atom is -0.485 e. The predicted molar refractivity (Wildman–Crippen MR) is 125 cm³/mol. The molecule has 0 unspecified atom stereocenters. The lowest BCUT2D eigenvalue weighted by molar-refractivity contribution is -0.386. The maximum atomic E-state index is 13.0. The number of nitro benzene ring substituents is 1. The highest BCUT2D eigenvalue weighted by molar-refractivity contribution is 8.18. The van der Waals surface area contributed by atoms with E-state index in [4.69, 9.17) is 30.5 Å². The highest BCUT2D eigenvalue weighted by Crippen LogP contribution is 2.43. The van der Waals surface area contributed by atoms with Gasteiger partial charge < -0.3 is 18.9 Å². The van der Waals surface area contributed by atoms with Crippen molar-refractivity contribution in [3.05, 3.63) is 55.4 Å². The largest absolute Gasteiger partial charge is 0.485 e. The summed E-state index contributed by atoms with van der Waals surface area (Å²) in [6, 6.07) is 5.76. The zero-order valence-electron chi connectivity index (χ0n) is 18.4. The van der Waals surface area contributed by atoms with Gasteiger partial charge in [-0.1, -0.05) is 11.6 Å². The van der Waals surface area contributed by atoms with Gasteiger partial charge in [-0.05, 0) is 48.5 Å². The van der Waals surface area contributed by atoms with Crippen LogP contribution in [0.4, 0.5) is 10.5 Å². The van der Waals surface area contributed by atoms with Crippen molar-refractivity contribution in [2.75, 3.05) is 13.4 Å². The molecule has 2 aliphatic heterocycles. The predicted octanol–water partition coefficient (Wildman–Crippen LogP) is 4.54. The summed E-state index contributed by atoms with van der Waals surface area (Å²) in [6.45, 7) is 2.73. The van der Waals surface area contributed by atoms with Crippen LogP contribution in [0.1, 0.15) is 25.0 Å². The quantitative estimate of drug-likeness (QED) is 0.168. The van der Waals surface area contributed by atoms with E-state index in [0.29, 0.717) is 28.8 Å². The third kappa shape index (κ3) is 4.88. The van der Waals surface area contributed by atoms with E-state index >= 15 is 0 Å². The maximum Gasteiger partial charge on any atom is 0.322 e. The van der Waals surface area contributed by atoms with Crippen LogP contribution in [-0.4, -0.2) is 40.3 Å². The molecule has 2 amide bonds. The fourth-order valence-electron chi connectivity index (χ4n) is 3.42. The van der Waals surface area contributed by atoms with Crippen LogP contribution in [0, 0.1) is 10.1 Å². The molecule has 0 aliphatic carbocycles. The number of halogens is 1. The van der Waals surface area contributed by atoms with E-state index in [1.807, 2.05) is 0 Å². The molecule has 0 atom stereocenters. The lowest BCUT2D eigenvalue weighted by Crippen LogP contribution is -2.27. The number of imide groups is 1. The van der Waals surface area contributed by atoms with Crippen LogP contribution in [0.3, 0.4) is 0 Å². The Labute approximate surface area is 207 Å². The number of ether oxygens (including phenoxy) is 4. The monoisotopic (exact) mass is 520 g/mol. The van der Waals surface area contributed by atoms with E-state index in [2.05, 4.69) is 0 Å². The third-order valence-corrected chi connectivity index (χ3v) is 6.14. The number of nitro groups is 1. The van der Waals surface area contributed by atoms with Crippen LogP contribution in [-0.2, 0) is 16.1 Å². The van der Waals surface area contributed by atoms with Crippen molar-refractivity contribution < 1.29 is 38.3 Å². The fraction of sp³-hybridized carbons (Fsp3) is 0.227. The number of esters is 1. The molecule has 2 aromatic rings.